The maximum atomic E-state index is 11.4. The standard InChI is InChI=1S/C11H16O2/c1-5(2)10-6-4-9-8(10)3-7(6)11(12)13-9/h5-10H,3-4H2,1-2H3. The lowest BCUT2D eigenvalue weighted by Crippen LogP contribution is -2.39. The minimum atomic E-state index is 0.0978. The van der Waals surface area contributed by atoms with Gasteiger partial charge >= 0.3 is 5.97 Å². The first-order chi connectivity index (χ1) is 6.18. The molecule has 0 aromatic carbocycles. The van der Waals surface area contributed by atoms with Gasteiger partial charge in [0.25, 0.3) is 0 Å². The van der Waals surface area contributed by atoms with E-state index in [1.54, 1.807) is 0 Å². The number of hydrogen-bond donors (Lipinski definition) is 0. The summed E-state index contributed by atoms with van der Waals surface area (Å²) in [5.41, 5.74) is 0. The number of fused-ring (bicyclic) bond motifs is 1. The minimum Gasteiger partial charge on any atom is -0.462 e. The summed E-state index contributed by atoms with van der Waals surface area (Å²) >= 11 is 0. The molecule has 2 saturated heterocycles. The first-order valence-electron chi connectivity index (χ1n) is 5.39. The molecule has 4 rings (SSSR count). The predicted molar refractivity (Wildman–Crippen MR) is 47.9 cm³/mol. The molecule has 72 valence electrons. The van der Waals surface area contributed by atoms with Crippen molar-refractivity contribution in [2.75, 3.05) is 0 Å². The fourth-order valence-electron chi connectivity index (χ4n) is 4.01. The van der Waals surface area contributed by atoms with E-state index in [0.29, 0.717) is 11.8 Å². The van der Waals surface area contributed by atoms with Crippen LogP contribution in [0.4, 0.5) is 0 Å². The van der Waals surface area contributed by atoms with Gasteiger partial charge in [0.1, 0.15) is 6.10 Å². The average Bonchev–Trinajstić information content (AvgIpc) is 2.54. The fourth-order valence-corrected chi connectivity index (χ4v) is 4.01. The lowest BCUT2D eigenvalue weighted by Gasteiger charge is -2.33. The number of carbonyl (C=O) groups is 1. The summed E-state index contributed by atoms with van der Waals surface area (Å²) in [5.74, 6) is 3.22. The van der Waals surface area contributed by atoms with E-state index in [1.165, 1.54) is 0 Å². The predicted octanol–water partition coefficient (Wildman–Crippen LogP) is 1.84. The van der Waals surface area contributed by atoms with E-state index in [4.69, 9.17) is 4.74 Å². The molecule has 0 aromatic heterocycles. The van der Waals surface area contributed by atoms with Crippen molar-refractivity contribution in [1.82, 2.24) is 0 Å². The van der Waals surface area contributed by atoms with E-state index >= 15 is 0 Å². The molecule has 0 N–H and O–H groups in total. The molecular formula is C11H16O2. The van der Waals surface area contributed by atoms with Crippen molar-refractivity contribution in [3.05, 3.63) is 0 Å². The third kappa shape index (κ3) is 0.818. The van der Waals surface area contributed by atoms with Gasteiger partial charge in [0.2, 0.25) is 0 Å². The van der Waals surface area contributed by atoms with Crippen LogP contribution in [0.5, 0.6) is 0 Å². The summed E-state index contributed by atoms with van der Waals surface area (Å²) < 4.78 is 5.38. The maximum Gasteiger partial charge on any atom is 0.309 e. The molecule has 13 heavy (non-hydrogen) atoms. The second-order valence-corrected chi connectivity index (χ2v) is 5.20. The maximum absolute atomic E-state index is 11.4. The SMILES string of the molecule is CC(C)C1C2CC3C(=O)OC2CC31. The van der Waals surface area contributed by atoms with Gasteiger partial charge in [0.05, 0.1) is 5.92 Å². The number of ether oxygens (including phenoxy) is 1. The molecule has 2 saturated carbocycles. The molecule has 2 aliphatic heterocycles. The highest BCUT2D eigenvalue weighted by atomic mass is 16.5. The molecule has 2 heterocycles. The van der Waals surface area contributed by atoms with E-state index in [0.717, 1.165) is 24.7 Å². The molecule has 2 aliphatic carbocycles. The van der Waals surface area contributed by atoms with Crippen LogP contribution in [-0.4, -0.2) is 12.1 Å². The second-order valence-electron chi connectivity index (χ2n) is 5.20. The van der Waals surface area contributed by atoms with Crippen LogP contribution in [0.25, 0.3) is 0 Å². The van der Waals surface area contributed by atoms with Gasteiger partial charge in [0.15, 0.2) is 0 Å². The Balaban J connectivity index is 1.95. The molecule has 4 aliphatic rings. The molecular weight excluding hydrogens is 164 g/mol. The van der Waals surface area contributed by atoms with E-state index in [2.05, 4.69) is 13.8 Å². The van der Waals surface area contributed by atoms with Gasteiger partial charge < -0.3 is 4.74 Å². The monoisotopic (exact) mass is 180 g/mol. The molecule has 0 amide bonds. The van der Waals surface area contributed by atoms with Crippen molar-refractivity contribution in [2.45, 2.75) is 32.8 Å². The van der Waals surface area contributed by atoms with Gasteiger partial charge in [-0.2, -0.15) is 0 Å². The van der Waals surface area contributed by atoms with Crippen molar-refractivity contribution in [3.8, 4) is 0 Å². The Labute approximate surface area is 78.6 Å². The van der Waals surface area contributed by atoms with Crippen LogP contribution in [0.15, 0.2) is 0 Å². The lowest BCUT2D eigenvalue weighted by molar-refractivity contribution is -0.169. The zero-order chi connectivity index (χ0) is 9.16. The Morgan fingerprint density at radius 3 is 2.62 bits per heavy atom. The first kappa shape index (κ1) is 7.84. The highest BCUT2D eigenvalue weighted by molar-refractivity contribution is 5.75. The Bertz CT molecular complexity index is 259. The van der Waals surface area contributed by atoms with E-state index in [-0.39, 0.29) is 18.0 Å². The molecule has 4 bridgehead atoms. The normalized spacial score (nSPS) is 51.9. The topological polar surface area (TPSA) is 26.3 Å². The van der Waals surface area contributed by atoms with Crippen molar-refractivity contribution in [3.63, 3.8) is 0 Å². The molecule has 2 heteroatoms. The Hall–Kier alpha value is -0.530. The molecule has 4 fully saturated rings. The smallest absolute Gasteiger partial charge is 0.309 e. The molecule has 2 nitrogen and oxygen atoms in total. The zero-order valence-electron chi connectivity index (χ0n) is 8.19. The summed E-state index contributed by atoms with van der Waals surface area (Å²) in [6.45, 7) is 4.57. The van der Waals surface area contributed by atoms with Crippen molar-refractivity contribution >= 4 is 5.97 Å². The number of carbonyl (C=O) groups excluding carboxylic acids is 1. The summed E-state index contributed by atoms with van der Waals surface area (Å²) in [6, 6.07) is 0. The molecule has 0 radical (unpaired) electrons. The molecule has 5 atom stereocenters. The van der Waals surface area contributed by atoms with E-state index in [9.17, 15) is 4.79 Å². The van der Waals surface area contributed by atoms with Crippen LogP contribution in [0, 0.1) is 29.6 Å². The highest BCUT2D eigenvalue weighted by Crippen LogP contribution is 2.59. The van der Waals surface area contributed by atoms with Gasteiger partial charge in [0, 0.05) is 5.92 Å². The first-order valence-corrected chi connectivity index (χ1v) is 5.39. The largest absolute Gasteiger partial charge is 0.462 e. The summed E-state index contributed by atoms with van der Waals surface area (Å²) in [5, 5.41) is 0. The summed E-state index contributed by atoms with van der Waals surface area (Å²) in [4.78, 5) is 11.4. The number of rotatable bonds is 1. The van der Waals surface area contributed by atoms with Crippen LogP contribution in [0.2, 0.25) is 0 Å². The quantitative estimate of drug-likeness (QED) is 0.575. The van der Waals surface area contributed by atoms with E-state index in [1.807, 2.05) is 0 Å². The molecule has 5 unspecified atom stereocenters. The Morgan fingerprint density at radius 1 is 1.31 bits per heavy atom. The van der Waals surface area contributed by atoms with Crippen LogP contribution in [-0.2, 0) is 9.53 Å². The van der Waals surface area contributed by atoms with Crippen LogP contribution in [0.3, 0.4) is 0 Å². The third-order valence-electron chi connectivity index (χ3n) is 4.35. The van der Waals surface area contributed by atoms with Gasteiger partial charge in [-0.3, -0.25) is 4.79 Å². The highest BCUT2D eigenvalue weighted by Gasteiger charge is 2.61. The minimum absolute atomic E-state index is 0.0978. The summed E-state index contributed by atoms with van der Waals surface area (Å²) in [6.07, 6.45) is 2.57. The third-order valence-corrected chi connectivity index (χ3v) is 4.35. The van der Waals surface area contributed by atoms with Crippen LogP contribution < -0.4 is 0 Å². The van der Waals surface area contributed by atoms with Crippen molar-refractivity contribution in [2.24, 2.45) is 29.6 Å². The van der Waals surface area contributed by atoms with Gasteiger partial charge in [-0.25, -0.2) is 0 Å². The average molecular weight is 180 g/mol. The van der Waals surface area contributed by atoms with Crippen LogP contribution >= 0.6 is 0 Å². The summed E-state index contributed by atoms with van der Waals surface area (Å²) in [7, 11) is 0. The second kappa shape index (κ2) is 2.28. The Kier molecular flexibility index (Phi) is 1.38. The zero-order valence-corrected chi connectivity index (χ0v) is 8.19. The van der Waals surface area contributed by atoms with Crippen molar-refractivity contribution in [1.29, 1.82) is 0 Å². The lowest BCUT2D eigenvalue weighted by atomic mass is 9.83. The molecule has 0 spiro atoms. The van der Waals surface area contributed by atoms with E-state index < -0.39 is 0 Å². The fraction of sp³-hybridized carbons (Fsp3) is 0.909. The Morgan fingerprint density at radius 2 is 2.08 bits per heavy atom. The van der Waals surface area contributed by atoms with Crippen molar-refractivity contribution < 1.29 is 9.53 Å². The van der Waals surface area contributed by atoms with Gasteiger partial charge in [-0.05, 0) is 30.6 Å². The van der Waals surface area contributed by atoms with Crippen LogP contribution in [0.1, 0.15) is 26.7 Å². The number of hydrogen-bond acceptors (Lipinski definition) is 2. The number of esters is 1. The molecule has 0 aromatic rings. The van der Waals surface area contributed by atoms with Gasteiger partial charge in [-0.15, -0.1) is 0 Å². The van der Waals surface area contributed by atoms with Gasteiger partial charge in [-0.1, -0.05) is 13.8 Å².